The minimum atomic E-state index is -4.10. The lowest BCUT2D eigenvalue weighted by Gasteiger charge is -2.32. The van der Waals surface area contributed by atoms with E-state index in [0.717, 1.165) is 27.4 Å². The molecule has 0 unspecified atom stereocenters. The fraction of sp³-hybridized carbons (Fsp3) is 0.333. The third-order valence-corrected chi connectivity index (χ3v) is 8.82. The highest BCUT2D eigenvalue weighted by molar-refractivity contribution is 7.92. The Morgan fingerprint density at radius 3 is 2.23 bits per heavy atom. The van der Waals surface area contributed by atoms with Crippen molar-refractivity contribution in [3.05, 3.63) is 94.5 Å². The standard InChI is InChI=1S/C30H36ClN3O4S/c1-6-23(4)32-30(36)24(5)33(19-25-11-10-12-26(31)18-25)29(35)20-34(27-16-15-21(2)22(3)17-27)39(37,38)28-13-8-7-9-14-28/h7-18,23-24H,6,19-20H2,1-5H3,(H,32,36)/t23-,24-/m1/s1. The molecule has 3 aromatic rings. The van der Waals surface area contributed by atoms with Crippen LogP contribution in [0.4, 0.5) is 5.69 Å². The van der Waals surface area contributed by atoms with Gasteiger partial charge < -0.3 is 10.2 Å². The first-order valence-corrected chi connectivity index (χ1v) is 14.7. The predicted molar refractivity (Wildman–Crippen MR) is 156 cm³/mol. The largest absolute Gasteiger partial charge is 0.352 e. The van der Waals surface area contributed by atoms with E-state index in [1.165, 1.54) is 17.0 Å². The summed E-state index contributed by atoms with van der Waals surface area (Å²) in [5.74, 6) is -0.831. The number of sulfonamides is 1. The van der Waals surface area contributed by atoms with Crippen LogP contribution in [0.25, 0.3) is 0 Å². The van der Waals surface area contributed by atoms with Crippen LogP contribution in [0.15, 0.2) is 77.7 Å². The first-order chi connectivity index (χ1) is 18.4. The summed E-state index contributed by atoms with van der Waals surface area (Å²) in [7, 11) is -4.10. The van der Waals surface area contributed by atoms with Gasteiger partial charge in [-0.3, -0.25) is 13.9 Å². The summed E-state index contributed by atoms with van der Waals surface area (Å²) >= 11 is 6.19. The van der Waals surface area contributed by atoms with E-state index in [1.807, 2.05) is 39.8 Å². The number of nitrogens with one attached hydrogen (secondary N) is 1. The van der Waals surface area contributed by atoms with Crippen LogP contribution in [0.1, 0.15) is 43.9 Å². The lowest BCUT2D eigenvalue weighted by Crippen LogP contribution is -2.52. The molecule has 0 saturated carbocycles. The summed E-state index contributed by atoms with van der Waals surface area (Å²) in [6.07, 6.45) is 0.733. The molecule has 0 aliphatic heterocycles. The molecule has 2 amide bonds. The second kappa shape index (κ2) is 13.1. The molecule has 3 aromatic carbocycles. The molecule has 9 heteroatoms. The Hall–Kier alpha value is -3.36. The Morgan fingerprint density at radius 1 is 0.923 bits per heavy atom. The Kier molecular flexibility index (Phi) is 10.2. The highest BCUT2D eigenvalue weighted by Gasteiger charge is 2.32. The van der Waals surface area contributed by atoms with Gasteiger partial charge in [0, 0.05) is 17.6 Å². The summed E-state index contributed by atoms with van der Waals surface area (Å²) in [5.41, 5.74) is 2.99. The summed E-state index contributed by atoms with van der Waals surface area (Å²) < 4.78 is 28.8. The van der Waals surface area contributed by atoms with E-state index >= 15 is 0 Å². The molecule has 0 saturated heterocycles. The molecule has 39 heavy (non-hydrogen) atoms. The fourth-order valence-electron chi connectivity index (χ4n) is 4.01. The minimum absolute atomic E-state index is 0.0694. The molecule has 208 valence electrons. The van der Waals surface area contributed by atoms with E-state index < -0.39 is 28.5 Å². The van der Waals surface area contributed by atoms with Gasteiger partial charge in [-0.15, -0.1) is 0 Å². The van der Waals surface area contributed by atoms with Gasteiger partial charge in [0.1, 0.15) is 12.6 Å². The molecule has 0 radical (unpaired) electrons. The molecule has 0 heterocycles. The fourth-order valence-corrected chi connectivity index (χ4v) is 5.65. The normalized spacial score (nSPS) is 12.9. The van der Waals surface area contributed by atoms with E-state index in [-0.39, 0.29) is 23.4 Å². The summed E-state index contributed by atoms with van der Waals surface area (Å²) in [5, 5.41) is 3.43. The number of nitrogens with zero attached hydrogens (tertiary/aromatic N) is 2. The summed E-state index contributed by atoms with van der Waals surface area (Å²) in [6.45, 7) is 8.92. The average molecular weight is 570 g/mol. The zero-order valence-corrected chi connectivity index (χ0v) is 24.6. The molecular weight excluding hydrogens is 534 g/mol. The highest BCUT2D eigenvalue weighted by Crippen LogP contribution is 2.26. The lowest BCUT2D eigenvalue weighted by molar-refractivity contribution is -0.139. The Bertz CT molecular complexity index is 1410. The maximum atomic E-state index is 14.0. The van der Waals surface area contributed by atoms with Crippen molar-refractivity contribution in [2.45, 2.75) is 64.6 Å². The molecule has 3 rings (SSSR count). The van der Waals surface area contributed by atoms with Crippen LogP contribution in [0.3, 0.4) is 0 Å². The maximum Gasteiger partial charge on any atom is 0.264 e. The molecule has 0 aliphatic carbocycles. The molecule has 0 bridgehead atoms. The van der Waals surface area contributed by atoms with Gasteiger partial charge in [-0.25, -0.2) is 8.42 Å². The number of amides is 2. The number of benzene rings is 3. The van der Waals surface area contributed by atoms with Crippen molar-refractivity contribution >= 4 is 39.1 Å². The van der Waals surface area contributed by atoms with Crippen molar-refractivity contribution in [2.24, 2.45) is 0 Å². The summed E-state index contributed by atoms with van der Waals surface area (Å²) in [6, 6.07) is 19.4. The van der Waals surface area contributed by atoms with Gasteiger partial charge >= 0.3 is 0 Å². The van der Waals surface area contributed by atoms with Gasteiger partial charge in [-0.2, -0.15) is 0 Å². The highest BCUT2D eigenvalue weighted by atomic mass is 35.5. The van der Waals surface area contributed by atoms with Crippen LogP contribution in [0, 0.1) is 13.8 Å². The molecule has 0 fully saturated rings. The van der Waals surface area contributed by atoms with Crippen molar-refractivity contribution in [1.29, 1.82) is 0 Å². The summed E-state index contributed by atoms with van der Waals surface area (Å²) in [4.78, 5) is 28.5. The van der Waals surface area contributed by atoms with Gasteiger partial charge in [-0.05, 0) is 87.2 Å². The van der Waals surface area contributed by atoms with Gasteiger partial charge in [0.15, 0.2) is 0 Å². The van der Waals surface area contributed by atoms with Crippen molar-refractivity contribution in [3.8, 4) is 0 Å². The molecular formula is C30H36ClN3O4S. The van der Waals surface area contributed by atoms with E-state index in [4.69, 9.17) is 11.6 Å². The van der Waals surface area contributed by atoms with Crippen LogP contribution >= 0.6 is 11.6 Å². The number of hydrogen-bond acceptors (Lipinski definition) is 4. The van der Waals surface area contributed by atoms with Crippen LogP contribution in [0.2, 0.25) is 5.02 Å². The second-order valence-electron chi connectivity index (χ2n) is 9.74. The molecule has 2 atom stereocenters. The lowest BCUT2D eigenvalue weighted by atomic mass is 10.1. The number of rotatable bonds is 11. The SMILES string of the molecule is CC[C@@H](C)NC(=O)[C@@H](C)N(Cc1cccc(Cl)c1)C(=O)CN(c1ccc(C)c(C)c1)S(=O)(=O)c1ccccc1. The molecule has 7 nitrogen and oxygen atoms in total. The quantitative estimate of drug-likeness (QED) is 0.331. The number of anilines is 1. The number of hydrogen-bond donors (Lipinski definition) is 1. The Morgan fingerprint density at radius 2 is 1.62 bits per heavy atom. The first kappa shape index (κ1) is 30.2. The third-order valence-electron chi connectivity index (χ3n) is 6.80. The van der Waals surface area contributed by atoms with Crippen LogP contribution < -0.4 is 9.62 Å². The third kappa shape index (κ3) is 7.61. The average Bonchev–Trinajstić information content (AvgIpc) is 2.91. The molecule has 0 aromatic heterocycles. The van der Waals surface area contributed by atoms with Gasteiger partial charge in [-0.1, -0.05) is 54.9 Å². The van der Waals surface area contributed by atoms with Crippen molar-refractivity contribution < 1.29 is 18.0 Å². The Labute approximate surface area is 236 Å². The van der Waals surface area contributed by atoms with E-state index in [0.29, 0.717) is 10.7 Å². The number of aryl methyl sites for hydroxylation is 2. The minimum Gasteiger partial charge on any atom is -0.352 e. The Balaban J connectivity index is 2.04. The number of carbonyl (C=O) groups is 2. The smallest absolute Gasteiger partial charge is 0.264 e. The van der Waals surface area contributed by atoms with E-state index in [2.05, 4.69) is 5.32 Å². The van der Waals surface area contributed by atoms with Crippen LogP contribution in [0.5, 0.6) is 0 Å². The second-order valence-corrected chi connectivity index (χ2v) is 12.0. The van der Waals surface area contributed by atoms with Crippen molar-refractivity contribution in [2.75, 3.05) is 10.8 Å². The van der Waals surface area contributed by atoms with E-state index in [1.54, 1.807) is 55.5 Å². The zero-order valence-electron chi connectivity index (χ0n) is 23.0. The molecule has 0 spiro atoms. The topological polar surface area (TPSA) is 86.8 Å². The van der Waals surface area contributed by atoms with Crippen molar-refractivity contribution in [1.82, 2.24) is 10.2 Å². The predicted octanol–water partition coefficient (Wildman–Crippen LogP) is 5.48. The monoisotopic (exact) mass is 569 g/mol. The first-order valence-electron chi connectivity index (χ1n) is 12.9. The number of halogens is 1. The van der Waals surface area contributed by atoms with Crippen LogP contribution in [-0.4, -0.2) is 43.8 Å². The zero-order chi connectivity index (χ0) is 28.7. The number of carbonyl (C=O) groups excluding carboxylic acids is 2. The van der Waals surface area contributed by atoms with Crippen molar-refractivity contribution in [3.63, 3.8) is 0 Å². The molecule has 0 aliphatic rings. The van der Waals surface area contributed by atoms with Gasteiger partial charge in [0.2, 0.25) is 11.8 Å². The molecule has 1 N–H and O–H groups in total. The maximum absolute atomic E-state index is 14.0. The van der Waals surface area contributed by atoms with Gasteiger partial charge in [0.05, 0.1) is 10.6 Å². The van der Waals surface area contributed by atoms with Crippen LogP contribution in [-0.2, 0) is 26.2 Å². The van der Waals surface area contributed by atoms with E-state index in [9.17, 15) is 18.0 Å². The van der Waals surface area contributed by atoms with Gasteiger partial charge in [0.25, 0.3) is 10.0 Å².